The van der Waals surface area contributed by atoms with Crippen LogP contribution >= 0.6 is 34.8 Å². The monoisotopic (exact) mass is 271 g/mol. The van der Waals surface area contributed by atoms with E-state index in [0.717, 1.165) is 17.7 Å². The number of benzene rings is 1. The van der Waals surface area contributed by atoms with E-state index in [0.29, 0.717) is 0 Å². The summed E-state index contributed by atoms with van der Waals surface area (Å²) < 4.78 is 25.8. The largest absolute Gasteiger partial charge is 0.376 e. The van der Waals surface area contributed by atoms with E-state index in [9.17, 15) is 8.78 Å². The first kappa shape index (κ1) is 12.6. The van der Waals surface area contributed by atoms with Gasteiger partial charge in [-0.05, 0) is 6.07 Å². The third kappa shape index (κ3) is 3.52. The van der Waals surface area contributed by atoms with Crippen LogP contribution in [0.25, 0.3) is 0 Å². The second kappa shape index (κ2) is 5.54. The van der Waals surface area contributed by atoms with E-state index in [4.69, 9.17) is 34.8 Å². The van der Waals surface area contributed by atoms with Gasteiger partial charge in [0.15, 0.2) is 5.82 Å². The predicted octanol–water partition coefficient (Wildman–Crippen LogP) is 4.35. The zero-order valence-corrected chi connectivity index (χ0v) is 9.60. The normalized spacial score (nSPS) is 11.7. The van der Waals surface area contributed by atoms with E-state index in [1.807, 2.05) is 0 Å². The molecule has 0 aliphatic carbocycles. The van der Waals surface area contributed by atoms with Crippen molar-refractivity contribution in [3.05, 3.63) is 39.4 Å². The van der Waals surface area contributed by atoms with E-state index in [1.165, 1.54) is 0 Å². The van der Waals surface area contributed by atoms with E-state index in [1.54, 1.807) is 0 Å². The van der Waals surface area contributed by atoms with E-state index >= 15 is 0 Å². The molecule has 0 saturated heterocycles. The molecule has 0 saturated carbocycles. The summed E-state index contributed by atoms with van der Waals surface area (Å²) in [6, 6.07) is 1.73. The van der Waals surface area contributed by atoms with Gasteiger partial charge in [-0.1, -0.05) is 34.8 Å². The average molecular weight is 273 g/mol. The van der Waals surface area contributed by atoms with Gasteiger partial charge in [0.25, 0.3) is 0 Å². The van der Waals surface area contributed by atoms with Crippen molar-refractivity contribution in [1.82, 2.24) is 0 Å². The van der Waals surface area contributed by atoms with Crippen molar-refractivity contribution in [1.29, 1.82) is 0 Å². The second-order valence-corrected chi connectivity index (χ2v) is 3.76. The maximum absolute atomic E-state index is 13.2. The lowest BCUT2D eigenvalue weighted by Gasteiger charge is -2.08. The minimum atomic E-state index is -0.779. The number of nitrogens with one attached hydrogen (secondary N) is 1. The molecule has 1 nitrogen and oxygen atoms in total. The molecule has 15 heavy (non-hydrogen) atoms. The lowest BCUT2D eigenvalue weighted by Crippen LogP contribution is -2.04. The van der Waals surface area contributed by atoms with Crippen molar-refractivity contribution in [2.45, 2.75) is 0 Å². The summed E-state index contributed by atoms with van der Waals surface area (Å²) in [6.07, 6.45) is 0. The molecule has 0 amide bonds. The van der Waals surface area contributed by atoms with Gasteiger partial charge in [0.05, 0.1) is 17.3 Å². The Bertz CT molecular complexity index is 370. The first-order valence-corrected chi connectivity index (χ1v) is 5.07. The van der Waals surface area contributed by atoms with Crippen LogP contribution in [-0.4, -0.2) is 6.54 Å². The molecule has 1 rings (SSSR count). The van der Waals surface area contributed by atoms with Gasteiger partial charge in [0.1, 0.15) is 5.82 Å². The average Bonchev–Trinajstić information content (AvgIpc) is 2.15. The Morgan fingerprint density at radius 2 is 2.07 bits per heavy atom. The highest BCUT2D eigenvalue weighted by molar-refractivity contribution is 6.37. The number of rotatable bonds is 3. The first-order chi connectivity index (χ1) is 7.04. The molecule has 0 aromatic heterocycles. The second-order valence-electron chi connectivity index (χ2n) is 2.65. The van der Waals surface area contributed by atoms with Crippen molar-refractivity contribution < 1.29 is 8.78 Å². The van der Waals surface area contributed by atoms with Crippen LogP contribution in [0.1, 0.15) is 0 Å². The Morgan fingerprint density at radius 1 is 1.40 bits per heavy atom. The Hall–Kier alpha value is -0.510. The molecule has 0 heterocycles. The van der Waals surface area contributed by atoms with Gasteiger partial charge in [-0.15, -0.1) is 0 Å². The standard InChI is InChI=1S/C9H6Cl3F2N/c10-3-5(11)4-15-9-7(12)1-6(13)2-8(9)14/h1-3,15H,4H2/b5-3-. The quantitative estimate of drug-likeness (QED) is 0.862. The summed E-state index contributed by atoms with van der Waals surface area (Å²) in [6.45, 7) is 0.118. The van der Waals surface area contributed by atoms with Crippen LogP contribution in [0.2, 0.25) is 5.02 Å². The van der Waals surface area contributed by atoms with Crippen LogP contribution in [0, 0.1) is 11.6 Å². The summed E-state index contributed by atoms with van der Waals surface area (Å²) in [5.41, 5.74) is 1.14. The lowest BCUT2D eigenvalue weighted by atomic mass is 10.3. The number of halogens is 5. The molecule has 0 fully saturated rings. The van der Waals surface area contributed by atoms with Crippen LogP contribution in [0.5, 0.6) is 0 Å². The summed E-state index contributed by atoms with van der Waals surface area (Å²) in [4.78, 5) is 0. The lowest BCUT2D eigenvalue weighted by molar-refractivity contribution is 0.585. The van der Waals surface area contributed by atoms with Crippen LogP contribution in [0.15, 0.2) is 22.7 Å². The fourth-order valence-corrected chi connectivity index (χ4v) is 1.33. The fourth-order valence-electron chi connectivity index (χ4n) is 0.922. The fraction of sp³-hybridized carbons (Fsp3) is 0.111. The van der Waals surface area contributed by atoms with Gasteiger partial charge in [0.2, 0.25) is 0 Å². The topological polar surface area (TPSA) is 12.0 Å². The Balaban J connectivity index is 2.86. The van der Waals surface area contributed by atoms with Gasteiger partial charge >= 0.3 is 0 Å². The van der Waals surface area contributed by atoms with Gasteiger partial charge in [-0.2, -0.15) is 0 Å². The summed E-state index contributed by atoms with van der Waals surface area (Å²) in [5.74, 6) is -1.51. The number of anilines is 1. The summed E-state index contributed by atoms with van der Waals surface area (Å²) >= 11 is 16.5. The predicted molar refractivity (Wildman–Crippen MR) is 59.6 cm³/mol. The van der Waals surface area contributed by atoms with Gasteiger partial charge < -0.3 is 5.32 Å². The maximum Gasteiger partial charge on any atom is 0.150 e. The molecule has 0 spiro atoms. The Labute approximate surface area is 101 Å². The van der Waals surface area contributed by atoms with Crippen LogP contribution in [0.4, 0.5) is 14.5 Å². The van der Waals surface area contributed by atoms with Gasteiger partial charge in [-0.25, -0.2) is 8.78 Å². The molecular formula is C9H6Cl3F2N. The third-order valence-electron chi connectivity index (χ3n) is 1.56. The Morgan fingerprint density at radius 3 is 2.60 bits per heavy atom. The highest BCUT2D eigenvalue weighted by Crippen LogP contribution is 2.26. The molecule has 1 N–H and O–H groups in total. The smallest absolute Gasteiger partial charge is 0.150 e. The molecule has 82 valence electrons. The van der Waals surface area contributed by atoms with Crippen molar-refractivity contribution >= 4 is 40.5 Å². The van der Waals surface area contributed by atoms with Crippen LogP contribution in [0.3, 0.4) is 0 Å². The molecule has 0 atom stereocenters. The minimum absolute atomic E-state index is 0.00488. The summed E-state index contributed by atoms with van der Waals surface area (Å²) in [5, 5.41) is 2.84. The van der Waals surface area contributed by atoms with E-state index in [2.05, 4.69) is 5.32 Å². The highest BCUT2D eigenvalue weighted by Gasteiger charge is 2.09. The van der Waals surface area contributed by atoms with E-state index in [-0.39, 0.29) is 22.3 Å². The molecule has 1 aromatic rings. The molecule has 0 radical (unpaired) electrons. The molecule has 1 aromatic carbocycles. The van der Waals surface area contributed by atoms with E-state index < -0.39 is 11.6 Å². The van der Waals surface area contributed by atoms with Gasteiger partial charge in [-0.3, -0.25) is 0 Å². The molecule has 0 unspecified atom stereocenters. The van der Waals surface area contributed by atoms with Gasteiger partial charge in [0, 0.05) is 16.6 Å². The maximum atomic E-state index is 13.2. The molecule has 0 bridgehead atoms. The molecule has 0 aliphatic rings. The molecule has 0 aliphatic heterocycles. The van der Waals surface area contributed by atoms with Crippen LogP contribution in [-0.2, 0) is 0 Å². The van der Waals surface area contributed by atoms with Crippen molar-refractivity contribution in [3.8, 4) is 0 Å². The Kier molecular flexibility index (Phi) is 4.64. The highest BCUT2D eigenvalue weighted by atomic mass is 35.5. The van der Waals surface area contributed by atoms with Crippen LogP contribution < -0.4 is 5.32 Å². The summed E-state index contributed by atoms with van der Waals surface area (Å²) in [7, 11) is 0. The number of hydrogen-bond donors (Lipinski definition) is 1. The minimum Gasteiger partial charge on any atom is -0.376 e. The first-order valence-electron chi connectivity index (χ1n) is 3.87. The zero-order chi connectivity index (χ0) is 11.4. The molecular weight excluding hydrogens is 266 g/mol. The number of hydrogen-bond acceptors (Lipinski definition) is 1. The zero-order valence-electron chi connectivity index (χ0n) is 7.33. The third-order valence-corrected chi connectivity index (χ3v) is 2.48. The van der Waals surface area contributed by atoms with Crippen molar-refractivity contribution in [3.63, 3.8) is 0 Å². The SMILES string of the molecule is Fc1cc(F)c(NC/C(Cl)=C/Cl)c(Cl)c1. The van der Waals surface area contributed by atoms with Crippen molar-refractivity contribution in [2.24, 2.45) is 0 Å². The van der Waals surface area contributed by atoms with Crippen molar-refractivity contribution in [2.75, 3.05) is 11.9 Å². The molecule has 6 heteroatoms.